The highest BCUT2D eigenvalue weighted by atomic mass is 16.5. The number of rotatable bonds is 4. The van der Waals surface area contributed by atoms with Gasteiger partial charge in [-0.25, -0.2) is 0 Å². The number of nitrogens with zero attached hydrogens (tertiary/aromatic N) is 1. The first-order valence-electron chi connectivity index (χ1n) is 5.73. The van der Waals surface area contributed by atoms with Gasteiger partial charge in [0.05, 0.1) is 6.20 Å². The summed E-state index contributed by atoms with van der Waals surface area (Å²) >= 11 is 0. The topological polar surface area (TPSA) is 48.1 Å². The zero-order valence-electron chi connectivity index (χ0n) is 9.84. The molecule has 2 N–H and O–H groups in total. The SMILES string of the molecule is CC[C@H](N)c1ccc(Oc2cccnc2)cc1. The fourth-order valence-electron chi connectivity index (χ4n) is 1.56. The molecule has 0 spiro atoms. The van der Waals surface area contributed by atoms with Gasteiger partial charge in [0.2, 0.25) is 0 Å². The smallest absolute Gasteiger partial charge is 0.145 e. The first-order valence-corrected chi connectivity index (χ1v) is 5.73. The average Bonchev–Trinajstić information content (AvgIpc) is 2.40. The van der Waals surface area contributed by atoms with Gasteiger partial charge in [-0.3, -0.25) is 4.98 Å². The highest BCUT2D eigenvalue weighted by Crippen LogP contribution is 2.22. The van der Waals surface area contributed by atoms with Crippen molar-refractivity contribution in [1.29, 1.82) is 0 Å². The molecular formula is C14H16N2O. The summed E-state index contributed by atoms with van der Waals surface area (Å²) in [6, 6.07) is 11.7. The number of benzene rings is 1. The first-order chi connectivity index (χ1) is 8.29. The number of ether oxygens (including phenoxy) is 1. The van der Waals surface area contributed by atoms with E-state index < -0.39 is 0 Å². The molecule has 17 heavy (non-hydrogen) atoms. The summed E-state index contributed by atoms with van der Waals surface area (Å²) in [7, 11) is 0. The molecule has 0 aliphatic rings. The molecule has 0 aliphatic carbocycles. The van der Waals surface area contributed by atoms with Crippen molar-refractivity contribution in [3.05, 3.63) is 54.4 Å². The summed E-state index contributed by atoms with van der Waals surface area (Å²) in [4.78, 5) is 3.99. The molecule has 0 radical (unpaired) electrons. The van der Waals surface area contributed by atoms with Crippen molar-refractivity contribution in [1.82, 2.24) is 4.98 Å². The summed E-state index contributed by atoms with van der Waals surface area (Å²) in [5, 5.41) is 0. The molecular weight excluding hydrogens is 212 g/mol. The summed E-state index contributed by atoms with van der Waals surface area (Å²) in [6.45, 7) is 2.07. The Bertz CT molecular complexity index is 453. The number of nitrogens with two attached hydrogens (primary N) is 1. The highest BCUT2D eigenvalue weighted by Gasteiger charge is 2.03. The lowest BCUT2D eigenvalue weighted by molar-refractivity contribution is 0.480. The third kappa shape index (κ3) is 3.04. The van der Waals surface area contributed by atoms with Gasteiger partial charge in [0.1, 0.15) is 11.5 Å². The van der Waals surface area contributed by atoms with Crippen molar-refractivity contribution in [3.63, 3.8) is 0 Å². The van der Waals surface area contributed by atoms with Crippen LogP contribution in [0, 0.1) is 0 Å². The number of hydrogen-bond acceptors (Lipinski definition) is 3. The van der Waals surface area contributed by atoms with Gasteiger partial charge in [0.15, 0.2) is 0 Å². The Labute approximate surface area is 101 Å². The molecule has 1 heterocycles. The third-order valence-corrected chi connectivity index (χ3v) is 2.62. The van der Waals surface area contributed by atoms with Crippen LogP contribution in [0.15, 0.2) is 48.8 Å². The molecule has 1 aromatic heterocycles. The normalized spacial score (nSPS) is 12.1. The zero-order chi connectivity index (χ0) is 12.1. The van der Waals surface area contributed by atoms with Crippen LogP contribution < -0.4 is 10.5 Å². The monoisotopic (exact) mass is 228 g/mol. The lowest BCUT2D eigenvalue weighted by atomic mass is 10.1. The molecule has 2 rings (SSSR count). The number of hydrogen-bond donors (Lipinski definition) is 1. The number of aromatic nitrogens is 1. The second kappa shape index (κ2) is 5.46. The maximum Gasteiger partial charge on any atom is 0.145 e. The Balaban J connectivity index is 2.08. The van der Waals surface area contributed by atoms with Crippen LogP contribution in [0.5, 0.6) is 11.5 Å². The van der Waals surface area contributed by atoms with Gasteiger partial charge in [-0.2, -0.15) is 0 Å². The van der Waals surface area contributed by atoms with Crippen molar-refractivity contribution in [2.24, 2.45) is 5.73 Å². The van der Waals surface area contributed by atoms with Gasteiger partial charge in [-0.05, 0) is 36.2 Å². The van der Waals surface area contributed by atoms with Crippen LogP contribution in [0.4, 0.5) is 0 Å². The molecule has 3 nitrogen and oxygen atoms in total. The van der Waals surface area contributed by atoms with Crippen LogP contribution in [0.2, 0.25) is 0 Å². The second-order valence-corrected chi connectivity index (χ2v) is 3.87. The molecule has 1 aromatic carbocycles. The van der Waals surface area contributed by atoms with Crippen LogP contribution in [0.1, 0.15) is 24.9 Å². The molecule has 1 atom stereocenters. The number of pyridine rings is 1. The van der Waals surface area contributed by atoms with E-state index in [0.29, 0.717) is 0 Å². The van der Waals surface area contributed by atoms with Gasteiger partial charge in [0, 0.05) is 12.2 Å². The van der Waals surface area contributed by atoms with Crippen LogP contribution in [-0.2, 0) is 0 Å². The molecule has 0 amide bonds. The Hall–Kier alpha value is -1.87. The van der Waals surface area contributed by atoms with Gasteiger partial charge < -0.3 is 10.5 Å². The van der Waals surface area contributed by atoms with Gasteiger partial charge in [-0.1, -0.05) is 19.1 Å². The lowest BCUT2D eigenvalue weighted by Gasteiger charge is -2.10. The molecule has 0 unspecified atom stereocenters. The maximum atomic E-state index is 5.95. The minimum absolute atomic E-state index is 0.0995. The second-order valence-electron chi connectivity index (χ2n) is 3.87. The van der Waals surface area contributed by atoms with Crippen LogP contribution in [0.3, 0.4) is 0 Å². The Morgan fingerprint density at radius 3 is 2.53 bits per heavy atom. The first kappa shape index (κ1) is 11.6. The van der Waals surface area contributed by atoms with Gasteiger partial charge in [-0.15, -0.1) is 0 Å². The van der Waals surface area contributed by atoms with E-state index in [1.54, 1.807) is 12.4 Å². The maximum absolute atomic E-state index is 5.95. The van der Waals surface area contributed by atoms with E-state index in [1.165, 1.54) is 0 Å². The molecule has 0 bridgehead atoms. The average molecular weight is 228 g/mol. The van der Waals surface area contributed by atoms with Crippen molar-refractivity contribution < 1.29 is 4.74 Å². The molecule has 0 aliphatic heterocycles. The van der Waals surface area contributed by atoms with E-state index in [0.717, 1.165) is 23.5 Å². The quantitative estimate of drug-likeness (QED) is 0.873. The molecule has 0 saturated heterocycles. The fraction of sp³-hybridized carbons (Fsp3) is 0.214. The molecule has 3 heteroatoms. The largest absolute Gasteiger partial charge is 0.456 e. The highest BCUT2D eigenvalue weighted by molar-refractivity contribution is 5.32. The zero-order valence-corrected chi connectivity index (χ0v) is 9.84. The van der Waals surface area contributed by atoms with E-state index in [2.05, 4.69) is 11.9 Å². The Morgan fingerprint density at radius 1 is 1.18 bits per heavy atom. The standard InChI is InChI=1S/C14H16N2O/c1-2-14(15)11-5-7-12(8-6-11)17-13-4-3-9-16-10-13/h3-10,14H,2,15H2,1H3/t14-/m0/s1. The van der Waals surface area contributed by atoms with E-state index in [4.69, 9.17) is 10.5 Å². The van der Waals surface area contributed by atoms with Gasteiger partial charge >= 0.3 is 0 Å². The summed E-state index contributed by atoms with van der Waals surface area (Å²) in [5.74, 6) is 1.53. The minimum atomic E-state index is 0.0995. The third-order valence-electron chi connectivity index (χ3n) is 2.62. The Morgan fingerprint density at radius 2 is 1.94 bits per heavy atom. The van der Waals surface area contributed by atoms with Crippen LogP contribution >= 0.6 is 0 Å². The summed E-state index contributed by atoms with van der Waals surface area (Å²) in [6.07, 6.45) is 4.34. The molecule has 2 aromatic rings. The minimum Gasteiger partial charge on any atom is -0.456 e. The summed E-state index contributed by atoms with van der Waals surface area (Å²) in [5.41, 5.74) is 7.08. The predicted octanol–water partition coefficient (Wildman–Crippen LogP) is 3.28. The summed E-state index contributed by atoms with van der Waals surface area (Å²) < 4.78 is 5.64. The van der Waals surface area contributed by atoms with E-state index in [9.17, 15) is 0 Å². The predicted molar refractivity (Wildman–Crippen MR) is 68.0 cm³/mol. The van der Waals surface area contributed by atoms with Gasteiger partial charge in [0.25, 0.3) is 0 Å². The van der Waals surface area contributed by atoms with Crippen LogP contribution in [0.25, 0.3) is 0 Å². The molecule has 0 saturated carbocycles. The van der Waals surface area contributed by atoms with E-state index >= 15 is 0 Å². The Kier molecular flexibility index (Phi) is 3.73. The molecule has 88 valence electrons. The fourth-order valence-corrected chi connectivity index (χ4v) is 1.56. The van der Waals surface area contributed by atoms with E-state index in [-0.39, 0.29) is 6.04 Å². The van der Waals surface area contributed by atoms with Crippen molar-refractivity contribution in [2.75, 3.05) is 0 Å². The van der Waals surface area contributed by atoms with Crippen LogP contribution in [-0.4, -0.2) is 4.98 Å². The molecule has 0 fully saturated rings. The van der Waals surface area contributed by atoms with Crippen molar-refractivity contribution in [2.45, 2.75) is 19.4 Å². The lowest BCUT2D eigenvalue weighted by Crippen LogP contribution is -2.07. The van der Waals surface area contributed by atoms with Crippen molar-refractivity contribution >= 4 is 0 Å². The van der Waals surface area contributed by atoms with Crippen molar-refractivity contribution in [3.8, 4) is 11.5 Å². The van der Waals surface area contributed by atoms with E-state index in [1.807, 2.05) is 36.4 Å².